The zero-order valence-electron chi connectivity index (χ0n) is 12.1. The molecule has 0 amide bonds. The highest BCUT2D eigenvalue weighted by Gasteiger charge is 2.21. The van der Waals surface area contributed by atoms with E-state index in [9.17, 15) is 0 Å². The number of anilines is 1. The van der Waals surface area contributed by atoms with E-state index in [1.807, 2.05) is 12.4 Å². The molecule has 0 bridgehead atoms. The van der Waals surface area contributed by atoms with Crippen LogP contribution in [0.1, 0.15) is 32.3 Å². The van der Waals surface area contributed by atoms with E-state index in [1.54, 1.807) is 7.11 Å². The Labute approximate surface area is 115 Å². The summed E-state index contributed by atoms with van der Waals surface area (Å²) in [5.74, 6) is 0.815. The number of hydrogen-bond acceptors (Lipinski definition) is 5. The van der Waals surface area contributed by atoms with Crippen LogP contribution in [-0.4, -0.2) is 42.3 Å². The quantitative estimate of drug-likeness (QED) is 0.875. The average Bonchev–Trinajstić information content (AvgIpc) is 2.45. The van der Waals surface area contributed by atoms with Gasteiger partial charge in [-0.05, 0) is 12.8 Å². The lowest BCUT2D eigenvalue weighted by atomic mass is 10.1. The van der Waals surface area contributed by atoms with Gasteiger partial charge >= 0.3 is 0 Å². The first-order valence-electron chi connectivity index (χ1n) is 7.01. The fourth-order valence-electron chi connectivity index (χ4n) is 2.24. The van der Waals surface area contributed by atoms with E-state index in [-0.39, 0.29) is 0 Å². The second kappa shape index (κ2) is 6.82. The standard InChI is InChI=1S/C14H24N4O/c1-11(2)15-7-12-8-16-14(17-9-12)18-6-4-5-13(10-18)19-3/h8-9,11,13,15H,4-7,10H2,1-3H3. The molecule has 106 valence electrons. The van der Waals surface area contributed by atoms with Crippen LogP contribution < -0.4 is 10.2 Å². The van der Waals surface area contributed by atoms with Gasteiger partial charge in [0.1, 0.15) is 0 Å². The average molecular weight is 264 g/mol. The summed E-state index contributed by atoms with van der Waals surface area (Å²) in [4.78, 5) is 11.1. The molecule has 5 nitrogen and oxygen atoms in total. The van der Waals surface area contributed by atoms with Gasteiger partial charge in [0.25, 0.3) is 0 Å². The van der Waals surface area contributed by atoms with Crippen LogP contribution in [-0.2, 0) is 11.3 Å². The number of aromatic nitrogens is 2. The molecule has 1 aromatic rings. The predicted molar refractivity (Wildman–Crippen MR) is 76.3 cm³/mol. The molecule has 1 atom stereocenters. The van der Waals surface area contributed by atoms with Gasteiger partial charge in [0, 0.05) is 50.7 Å². The minimum absolute atomic E-state index is 0.305. The van der Waals surface area contributed by atoms with Gasteiger partial charge in [-0.15, -0.1) is 0 Å². The van der Waals surface area contributed by atoms with Gasteiger partial charge in [0.15, 0.2) is 0 Å². The Bertz CT molecular complexity index is 380. The molecule has 1 aliphatic rings. The van der Waals surface area contributed by atoms with Crippen molar-refractivity contribution in [3.8, 4) is 0 Å². The van der Waals surface area contributed by atoms with E-state index < -0.39 is 0 Å². The number of rotatable bonds is 5. The molecule has 0 spiro atoms. The molecule has 0 radical (unpaired) electrons. The molecule has 2 rings (SSSR count). The third-order valence-corrected chi connectivity index (χ3v) is 3.40. The summed E-state index contributed by atoms with van der Waals surface area (Å²) in [7, 11) is 1.77. The summed E-state index contributed by atoms with van der Waals surface area (Å²) in [6, 6.07) is 0.476. The smallest absolute Gasteiger partial charge is 0.225 e. The van der Waals surface area contributed by atoms with Crippen molar-refractivity contribution in [3.05, 3.63) is 18.0 Å². The summed E-state index contributed by atoms with van der Waals surface area (Å²) < 4.78 is 5.42. The van der Waals surface area contributed by atoms with Crippen LogP contribution >= 0.6 is 0 Å². The van der Waals surface area contributed by atoms with Gasteiger partial charge in [0.2, 0.25) is 5.95 Å². The minimum atomic E-state index is 0.305. The lowest BCUT2D eigenvalue weighted by molar-refractivity contribution is 0.0889. The summed E-state index contributed by atoms with van der Waals surface area (Å²) in [5, 5.41) is 3.36. The van der Waals surface area contributed by atoms with Crippen LogP contribution in [0.25, 0.3) is 0 Å². The second-order valence-corrected chi connectivity index (χ2v) is 5.37. The molecule has 1 saturated heterocycles. The SMILES string of the molecule is COC1CCCN(c2ncc(CNC(C)C)cn2)C1. The zero-order chi connectivity index (χ0) is 13.7. The highest BCUT2D eigenvalue weighted by Crippen LogP contribution is 2.17. The van der Waals surface area contributed by atoms with E-state index in [0.29, 0.717) is 12.1 Å². The fourth-order valence-corrected chi connectivity index (χ4v) is 2.24. The third-order valence-electron chi connectivity index (χ3n) is 3.40. The van der Waals surface area contributed by atoms with Gasteiger partial charge in [-0.1, -0.05) is 13.8 Å². The third kappa shape index (κ3) is 4.14. The zero-order valence-corrected chi connectivity index (χ0v) is 12.1. The molecule has 1 unspecified atom stereocenters. The summed E-state index contributed by atoms with van der Waals surface area (Å²) in [5.41, 5.74) is 1.12. The Morgan fingerprint density at radius 2 is 2.16 bits per heavy atom. The molecule has 1 aromatic heterocycles. The minimum Gasteiger partial charge on any atom is -0.380 e. The molecular weight excluding hydrogens is 240 g/mol. The molecule has 0 aromatic carbocycles. The van der Waals surface area contributed by atoms with Crippen molar-refractivity contribution < 1.29 is 4.74 Å². The number of hydrogen-bond donors (Lipinski definition) is 1. The van der Waals surface area contributed by atoms with Gasteiger partial charge < -0.3 is 15.0 Å². The summed E-state index contributed by atoms with van der Waals surface area (Å²) >= 11 is 0. The van der Waals surface area contributed by atoms with Crippen molar-refractivity contribution in [3.63, 3.8) is 0 Å². The molecule has 2 heterocycles. The Morgan fingerprint density at radius 3 is 2.79 bits per heavy atom. The van der Waals surface area contributed by atoms with Crippen LogP contribution in [0.15, 0.2) is 12.4 Å². The normalized spacial score (nSPS) is 20.0. The molecule has 1 N–H and O–H groups in total. The highest BCUT2D eigenvalue weighted by molar-refractivity contribution is 5.30. The van der Waals surface area contributed by atoms with Crippen LogP contribution in [0.4, 0.5) is 5.95 Å². The number of ether oxygens (including phenoxy) is 1. The van der Waals surface area contributed by atoms with Gasteiger partial charge in [-0.2, -0.15) is 0 Å². The van der Waals surface area contributed by atoms with Crippen molar-refractivity contribution in [2.45, 2.75) is 45.4 Å². The number of piperidine rings is 1. The van der Waals surface area contributed by atoms with Gasteiger partial charge in [0.05, 0.1) is 6.10 Å². The largest absolute Gasteiger partial charge is 0.380 e. The lowest BCUT2D eigenvalue weighted by Crippen LogP contribution is -2.40. The topological polar surface area (TPSA) is 50.3 Å². The van der Waals surface area contributed by atoms with Crippen molar-refractivity contribution in [2.75, 3.05) is 25.1 Å². The van der Waals surface area contributed by atoms with E-state index >= 15 is 0 Å². The highest BCUT2D eigenvalue weighted by atomic mass is 16.5. The molecule has 19 heavy (non-hydrogen) atoms. The molecule has 5 heteroatoms. The van der Waals surface area contributed by atoms with E-state index in [4.69, 9.17) is 4.74 Å². The summed E-state index contributed by atoms with van der Waals surface area (Å²) in [6.45, 7) is 6.99. The van der Waals surface area contributed by atoms with Crippen LogP contribution in [0.3, 0.4) is 0 Å². The first kappa shape index (κ1) is 14.2. The predicted octanol–water partition coefficient (Wildman–Crippen LogP) is 1.59. The molecule has 0 aliphatic carbocycles. The first-order chi connectivity index (χ1) is 9.19. The van der Waals surface area contributed by atoms with Crippen molar-refractivity contribution in [1.29, 1.82) is 0 Å². The maximum absolute atomic E-state index is 5.42. The van der Waals surface area contributed by atoms with Crippen LogP contribution in [0.2, 0.25) is 0 Å². The number of nitrogens with one attached hydrogen (secondary N) is 1. The maximum atomic E-state index is 5.42. The van der Waals surface area contributed by atoms with Crippen molar-refractivity contribution in [2.24, 2.45) is 0 Å². The molecule has 0 saturated carbocycles. The Balaban J connectivity index is 1.93. The van der Waals surface area contributed by atoms with Gasteiger partial charge in [-0.25, -0.2) is 9.97 Å². The van der Waals surface area contributed by atoms with E-state index in [2.05, 4.69) is 34.0 Å². The fraction of sp³-hybridized carbons (Fsp3) is 0.714. The number of methoxy groups -OCH3 is 1. The molecular formula is C14H24N4O. The second-order valence-electron chi connectivity index (χ2n) is 5.37. The molecule has 1 fully saturated rings. The van der Waals surface area contributed by atoms with Crippen molar-refractivity contribution >= 4 is 5.95 Å². The summed E-state index contributed by atoms with van der Waals surface area (Å²) in [6.07, 6.45) is 6.39. The van der Waals surface area contributed by atoms with E-state index in [0.717, 1.165) is 44.0 Å². The van der Waals surface area contributed by atoms with Gasteiger partial charge in [-0.3, -0.25) is 0 Å². The first-order valence-corrected chi connectivity index (χ1v) is 7.01. The van der Waals surface area contributed by atoms with E-state index in [1.165, 1.54) is 0 Å². The lowest BCUT2D eigenvalue weighted by Gasteiger charge is -2.31. The monoisotopic (exact) mass is 264 g/mol. The van der Waals surface area contributed by atoms with Crippen LogP contribution in [0.5, 0.6) is 0 Å². The molecule has 1 aliphatic heterocycles. The van der Waals surface area contributed by atoms with Crippen molar-refractivity contribution in [1.82, 2.24) is 15.3 Å². The maximum Gasteiger partial charge on any atom is 0.225 e. The Hall–Kier alpha value is -1.20. The Kier molecular flexibility index (Phi) is 5.10. The Morgan fingerprint density at radius 1 is 1.42 bits per heavy atom. The van der Waals surface area contributed by atoms with Crippen LogP contribution in [0, 0.1) is 0 Å². The number of nitrogens with zero attached hydrogens (tertiary/aromatic N) is 3.